The van der Waals surface area contributed by atoms with Crippen molar-refractivity contribution in [3.63, 3.8) is 0 Å². The van der Waals surface area contributed by atoms with Gasteiger partial charge in [0, 0.05) is 18.7 Å². The summed E-state index contributed by atoms with van der Waals surface area (Å²) in [6.45, 7) is 4.11. The van der Waals surface area contributed by atoms with Crippen LogP contribution in [0.1, 0.15) is 41.8 Å². The number of likely N-dealkylation sites (tertiary alicyclic amines) is 1. The third kappa shape index (κ3) is 7.43. The maximum atomic E-state index is 14.7. The van der Waals surface area contributed by atoms with E-state index in [2.05, 4.69) is 31.7 Å². The molecule has 4 nitrogen and oxygen atoms in total. The van der Waals surface area contributed by atoms with Gasteiger partial charge in [-0.1, -0.05) is 37.8 Å². The molecule has 1 saturated heterocycles. The fourth-order valence-corrected chi connectivity index (χ4v) is 6.97. The molecular formula is C30H35F5N3OPS. The van der Waals surface area contributed by atoms with Gasteiger partial charge in [-0.15, -0.1) is 20.6 Å². The summed E-state index contributed by atoms with van der Waals surface area (Å²) in [4.78, 5) is 2.24. The number of rotatable bonds is 9. The molecule has 0 amide bonds. The van der Waals surface area contributed by atoms with Crippen molar-refractivity contribution in [3.05, 3.63) is 45.8 Å². The molecular weight excluding hydrogens is 576 g/mol. The van der Waals surface area contributed by atoms with Crippen LogP contribution in [0.15, 0.2) is 24.3 Å². The first-order valence-electron chi connectivity index (χ1n) is 13.6. The Bertz CT molecular complexity index is 1430. The van der Waals surface area contributed by atoms with Crippen molar-refractivity contribution in [1.82, 2.24) is 4.90 Å². The zero-order valence-electron chi connectivity index (χ0n) is 23.4. The molecule has 2 heterocycles. The molecule has 0 saturated carbocycles. The number of alkyl halides is 5. The van der Waals surface area contributed by atoms with Crippen molar-refractivity contribution in [2.24, 2.45) is 0 Å². The summed E-state index contributed by atoms with van der Waals surface area (Å²) in [6.07, 6.45) is -4.72. The van der Waals surface area contributed by atoms with Crippen LogP contribution >= 0.6 is 20.6 Å². The number of fused-ring (bicyclic) bond motifs is 1. The van der Waals surface area contributed by atoms with Gasteiger partial charge in [0.2, 0.25) is 6.86 Å². The summed E-state index contributed by atoms with van der Waals surface area (Å²) in [5.41, 5.74) is 3.15. The van der Waals surface area contributed by atoms with E-state index < -0.39 is 31.7 Å². The molecule has 3 unspecified atom stereocenters. The average molecular weight is 612 g/mol. The Kier molecular flexibility index (Phi) is 10.4. The quantitative estimate of drug-likeness (QED) is 0.158. The molecule has 0 bridgehead atoms. The fraction of sp³-hybridized carbons (Fsp3) is 0.467. The standard InChI is InChI=1S/C30H35F5N3OPS/c1-4-18-14-25(40)19(5-2)28(39-17-31)27(18)36-12-7-10-26-21(15-30(33,34)35)20-8-6-9-24(29(20)41-26)37-23-11-13-38(3)16-22(23)32/h6,8-9,14,22-23,36-37H,4-5,11-13,15-17,40H2,1-3H3. The third-order valence-corrected chi connectivity index (χ3v) is 8.98. The first-order valence-corrected chi connectivity index (χ1v) is 15.0. The maximum Gasteiger partial charge on any atom is 0.393 e. The number of ether oxygens (including phenoxy) is 1. The highest BCUT2D eigenvalue weighted by atomic mass is 32.1. The minimum atomic E-state index is -4.42. The SMILES string of the molecule is CCc1cc(P)c(CC)c(OCF)c1NCC#Cc1sc2c(NC3CCN(C)CC3F)cccc2c1CC(F)(F)F. The average Bonchev–Trinajstić information content (AvgIpc) is 3.25. The molecule has 0 spiro atoms. The van der Waals surface area contributed by atoms with E-state index in [-0.39, 0.29) is 12.1 Å². The van der Waals surface area contributed by atoms with Gasteiger partial charge in [0.15, 0.2) is 0 Å². The van der Waals surface area contributed by atoms with Crippen LogP contribution in [0.3, 0.4) is 0 Å². The molecule has 3 aromatic rings. The number of anilines is 2. The molecule has 1 fully saturated rings. The highest BCUT2D eigenvalue weighted by molar-refractivity contribution is 7.27. The second kappa shape index (κ2) is 13.6. The molecule has 1 aliphatic heterocycles. The van der Waals surface area contributed by atoms with Crippen molar-refractivity contribution in [2.75, 3.05) is 44.2 Å². The molecule has 0 aliphatic carbocycles. The van der Waals surface area contributed by atoms with Crippen LogP contribution in [0, 0.1) is 11.8 Å². The number of nitrogens with one attached hydrogen (secondary N) is 2. The predicted molar refractivity (Wildman–Crippen MR) is 163 cm³/mol. The van der Waals surface area contributed by atoms with Crippen molar-refractivity contribution in [3.8, 4) is 17.6 Å². The number of aryl methyl sites for hydroxylation is 1. The molecule has 41 heavy (non-hydrogen) atoms. The van der Waals surface area contributed by atoms with Crippen molar-refractivity contribution in [1.29, 1.82) is 0 Å². The van der Waals surface area contributed by atoms with Gasteiger partial charge in [-0.2, -0.15) is 13.2 Å². The Morgan fingerprint density at radius 1 is 1.20 bits per heavy atom. The highest BCUT2D eigenvalue weighted by Gasteiger charge is 2.32. The van der Waals surface area contributed by atoms with E-state index in [0.717, 1.165) is 23.0 Å². The van der Waals surface area contributed by atoms with E-state index in [1.54, 1.807) is 18.2 Å². The lowest BCUT2D eigenvalue weighted by molar-refractivity contribution is -0.126. The van der Waals surface area contributed by atoms with Crippen LogP contribution in [0.4, 0.5) is 33.3 Å². The van der Waals surface area contributed by atoms with E-state index in [1.165, 1.54) is 11.3 Å². The van der Waals surface area contributed by atoms with E-state index in [1.807, 2.05) is 31.9 Å². The van der Waals surface area contributed by atoms with Crippen molar-refractivity contribution >= 4 is 47.3 Å². The topological polar surface area (TPSA) is 36.5 Å². The molecule has 0 radical (unpaired) electrons. The van der Waals surface area contributed by atoms with Crippen LogP contribution in [-0.2, 0) is 19.3 Å². The Morgan fingerprint density at radius 2 is 1.98 bits per heavy atom. The maximum absolute atomic E-state index is 14.7. The normalized spacial score (nSPS) is 17.8. The number of benzene rings is 2. The lowest BCUT2D eigenvalue weighted by atomic mass is 10.0. The fourth-order valence-electron chi connectivity index (χ4n) is 5.26. The number of halogens is 5. The van der Waals surface area contributed by atoms with Gasteiger partial charge in [-0.3, -0.25) is 0 Å². The zero-order valence-corrected chi connectivity index (χ0v) is 25.3. The summed E-state index contributed by atoms with van der Waals surface area (Å²) < 4.78 is 74.8. The lowest BCUT2D eigenvalue weighted by Gasteiger charge is -2.33. The van der Waals surface area contributed by atoms with Gasteiger partial charge in [0.1, 0.15) is 11.9 Å². The second-order valence-corrected chi connectivity index (χ2v) is 11.8. The Balaban J connectivity index is 1.66. The minimum Gasteiger partial charge on any atom is -0.460 e. The Morgan fingerprint density at radius 3 is 2.63 bits per heavy atom. The minimum absolute atomic E-state index is 0.116. The van der Waals surface area contributed by atoms with E-state index in [9.17, 15) is 22.0 Å². The molecule has 222 valence electrons. The Labute approximate surface area is 244 Å². The molecule has 3 atom stereocenters. The number of hydrogen-bond donors (Lipinski definition) is 2. The molecule has 4 rings (SSSR count). The summed E-state index contributed by atoms with van der Waals surface area (Å²) >= 11 is 1.18. The van der Waals surface area contributed by atoms with E-state index >= 15 is 0 Å². The van der Waals surface area contributed by atoms with Crippen LogP contribution in [0.2, 0.25) is 0 Å². The second-order valence-electron chi connectivity index (χ2n) is 10.1. The van der Waals surface area contributed by atoms with Gasteiger partial charge < -0.3 is 20.3 Å². The largest absolute Gasteiger partial charge is 0.460 e. The van der Waals surface area contributed by atoms with Crippen LogP contribution in [0.25, 0.3) is 10.1 Å². The van der Waals surface area contributed by atoms with E-state index in [4.69, 9.17) is 4.74 Å². The summed E-state index contributed by atoms with van der Waals surface area (Å²) in [5.74, 6) is 6.34. The lowest BCUT2D eigenvalue weighted by Crippen LogP contribution is -2.46. The first-order chi connectivity index (χ1) is 19.6. The van der Waals surface area contributed by atoms with Crippen molar-refractivity contribution in [2.45, 2.75) is 57.9 Å². The Hall–Kier alpha value is -2.60. The van der Waals surface area contributed by atoms with Crippen molar-refractivity contribution < 1.29 is 26.7 Å². The monoisotopic (exact) mass is 611 g/mol. The van der Waals surface area contributed by atoms with Gasteiger partial charge in [-0.25, -0.2) is 8.78 Å². The highest BCUT2D eigenvalue weighted by Crippen LogP contribution is 2.40. The summed E-state index contributed by atoms with van der Waals surface area (Å²) in [6, 6.07) is 6.71. The summed E-state index contributed by atoms with van der Waals surface area (Å²) in [7, 11) is 4.52. The third-order valence-electron chi connectivity index (χ3n) is 7.27. The van der Waals surface area contributed by atoms with Gasteiger partial charge >= 0.3 is 6.18 Å². The predicted octanol–water partition coefficient (Wildman–Crippen LogP) is 6.85. The van der Waals surface area contributed by atoms with Crippen LogP contribution in [0.5, 0.6) is 5.75 Å². The van der Waals surface area contributed by atoms with Gasteiger partial charge in [0.05, 0.1) is 40.0 Å². The number of hydrogen-bond acceptors (Lipinski definition) is 5. The zero-order chi connectivity index (χ0) is 29.7. The smallest absolute Gasteiger partial charge is 0.393 e. The van der Waals surface area contributed by atoms with Gasteiger partial charge in [0.25, 0.3) is 0 Å². The van der Waals surface area contributed by atoms with Crippen LogP contribution in [-0.4, -0.2) is 56.8 Å². The number of nitrogens with zero attached hydrogens (tertiary/aromatic N) is 1. The molecule has 1 aromatic heterocycles. The molecule has 1 aliphatic rings. The van der Waals surface area contributed by atoms with Crippen LogP contribution < -0.4 is 20.7 Å². The summed E-state index contributed by atoms with van der Waals surface area (Å²) in [5, 5.41) is 7.86. The van der Waals surface area contributed by atoms with E-state index in [0.29, 0.717) is 57.9 Å². The molecule has 2 N–H and O–H groups in total. The molecule has 11 heteroatoms. The van der Waals surface area contributed by atoms with Gasteiger partial charge in [-0.05, 0) is 60.3 Å². The number of piperidine rings is 1. The number of thiophene rings is 1. The molecule has 2 aromatic carbocycles. The first kappa shape index (κ1) is 31.3.